The third kappa shape index (κ3) is 5.62. The molecule has 0 atom stereocenters. The molecular weight excluding hydrogens is 244 g/mol. The highest BCUT2D eigenvalue weighted by molar-refractivity contribution is 5.73. The normalized spacial score (nSPS) is 16.6. The van der Waals surface area contributed by atoms with Crippen LogP contribution in [0.5, 0.6) is 0 Å². The van der Waals surface area contributed by atoms with Crippen LogP contribution in [0, 0.1) is 0 Å². The molecule has 1 saturated heterocycles. The van der Waals surface area contributed by atoms with E-state index in [4.69, 9.17) is 0 Å². The van der Waals surface area contributed by atoms with Crippen LogP contribution in [0.2, 0.25) is 0 Å². The van der Waals surface area contributed by atoms with Crippen LogP contribution in [0.15, 0.2) is 48.7 Å². The summed E-state index contributed by atoms with van der Waals surface area (Å²) in [5, 5.41) is 6.87. The fourth-order valence-electron chi connectivity index (χ4n) is 2.25. The molecule has 1 aliphatic rings. The summed E-state index contributed by atoms with van der Waals surface area (Å²) in [4.78, 5) is 0. The van der Waals surface area contributed by atoms with Crippen molar-refractivity contribution in [1.82, 2.24) is 10.6 Å². The van der Waals surface area contributed by atoms with Gasteiger partial charge in [-0.1, -0.05) is 50.3 Å². The van der Waals surface area contributed by atoms with E-state index < -0.39 is 0 Å². The van der Waals surface area contributed by atoms with Gasteiger partial charge in [-0.2, -0.15) is 0 Å². The van der Waals surface area contributed by atoms with E-state index in [0.717, 1.165) is 13.1 Å². The number of piperidine rings is 1. The second-order valence-electron chi connectivity index (χ2n) is 4.63. The first-order chi connectivity index (χ1) is 9.90. The lowest BCUT2D eigenvalue weighted by Crippen LogP contribution is -2.37. The first-order valence-corrected chi connectivity index (χ1v) is 7.75. The predicted octanol–water partition coefficient (Wildman–Crippen LogP) is 3.97. The molecule has 20 heavy (non-hydrogen) atoms. The molecule has 2 N–H and O–H groups in total. The zero-order valence-corrected chi connectivity index (χ0v) is 13.0. The molecule has 1 fully saturated rings. The van der Waals surface area contributed by atoms with Gasteiger partial charge in [0.05, 0.1) is 0 Å². The fourth-order valence-corrected chi connectivity index (χ4v) is 2.25. The molecule has 0 amide bonds. The summed E-state index contributed by atoms with van der Waals surface area (Å²) >= 11 is 0. The number of allylic oxidation sites excluding steroid dienone is 3. The van der Waals surface area contributed by atoms with Gasteiger partial charge in [0.15, 0.2) is 0 Å². The number of nitrogens with one attached hydrogen (secondary N) is 2. The molecule has 2 heteroatoms. The molecule has 0 saturated carbocycles. The number of benzene rings is 1. The average molecular weight is 272 g/mol. The Balaban J connectivity index is 0.000000956. The highest BCUT2D eigenvalue weighted by atomic mass is 14.9. The lowest BCUT2D eigenvalue weighted by Gasteiger charge is -2.22. The van der Waals surface area contributed by atoms with Crippen LogP contribution in [-0.4, -0.2) is 19.1 Å². The molecule has 1 aliphatic heterocycles. The van der Waals surface area contributed by atoms with Gasteiger partial charge in [0.25, 0.3) is 0 Å². The summed E-state index contributed by atoms with van der Waals surface area (Å²) in [5.41, 5.74) is 2.53. The van der Waals surface area contributed by atoms with Crippen LogP contribution < -0.4 is 10.6 Å². The van der Waals surface area contributed by atoms with E-state index in [0.29, 0.717) is 6.04 Å². The van der Waals surface area contributed by atoms with Crippen molar-refractivity contribution in [2.75, 3.05) is 13.1 Å². The third-order valence-electron chi connectivity index (χ3n) is 3.35. The smallest absolute Gasteiger partial charge is 0.0279 e. The maximum atomic E-state index is 3.49. The van der Waals surface area contributed by atoms with Crippen LogP contribution in [-0.2, 0) is 0 Å². The zero-order chi connectivity index (χ0) is 14.6. The van der Waals surface area contributed by atoms with Crippen LogP contribution in [0.3, 0.4) is 0 Å². The summed E-state index contributed by atoms with van der Waals surface area (Å²) in [6, 6.07) is 11.1. The van der Waals surface area contributed by atoms with Crippen LogP contribution in [0.4, 0.5) is 0 Å². The average Bonchev–Trinajstić information content (AvgIpc) is 2.55. The molecule has 0 aliphatic carbocycles. The van der Waals surface area contributed by atoms with Gasteiger partial charge in [-0.15, -0.1) is 0 Å². The fraction of sp³-hybridized carbons (Fsp3) is 0.444. The summed E-state index contributed by atoms with van der Waals surface area (Å²) in [7, 11) is 0. The van der Waals surface area contributed by atoms with Crippen LogP contribution >= 0.6 is 0 Å². The van der Waals surface area contributed by atoms with E-state index >= 15 is 0 Å². The van der Waals surface area contributed by atoms with Gasteiger partial charge >= 0.3 is 0 Å². The van der Waals surface area contributed by atoms with Crippen LogP contribution in [0.1, 0.15) is 39.2 Å². The van der Waals surface area contributed by atoms with E-state index in [2.05, 4.69) is 60.2 Å². The Morgan fingerprint density at radius 1 is 1.15 bits per heavy atom. The van der Waals surface area contributed by atoms with Gasteiger partial charge in [-0.05, 0) is 56.3 Å². The van der Waals surface area contributed by atoms with Gasteiger partial charge in [0, 0.05) is 6.04 Å². The Morgan fingerprint density at radius 3 is 2.40 bits per heavy atom. The molecule has 0 aromatic heterocycles. The minimum atomic E-state index is 0.622. The third-order valence-corrected chi connectivity index (χ3v) is 3.35. The summed E-state index contributed by atoms with van der Waals surface area (Å²) < 4.78 is 0. The predicted molar refractivity (Wildman–Crippen MR) is 89.6 cm³/mol. The molecule has 110 valence electrons. The molecule has 2 nitrogen and oxygen atoms in total. The van der Waals surface area contributed by atoms with E-state index in [1.165, 1.54) is 24.0 Å². The highest BCUT2D eigenvalue weighted by Crippen LogP contribution is 2.14. The summed E-state index contributed by atoms with van der Waals surface area (Å²) in [6.07, 6.45) is 8.83. The number of rotatable bonds is 4. The Kier molecular flexibility index (Phi) is 8.48. The van der Waals surface area contributed by atoms with Gasteiger partial charge < -0.3 is 10.6 Å². The van der Waals surface area contributed by atoms with Gasteiger partial charge in [-0.25, -0.2) is 0 Å². The maximum absolute atomic E-state index is 3.49. The molecule has 1 aromatic carbocycles. The molecule has 0 spiro atoms. The molecule has 1 aromatic rings. The molecule has 0 unspecified atom stereocenters. The number of hydrogen-bond donors (Lipinski definition) is 2. The molecular formula is C18H28N2. The first-order valence-electron chi connectivity index (χ1n) is 7.75. The maximum Gasteiger partial charge on any atom is 0.0279 e. The van der Waals surface area contributed by atoms with Crippen molar-refractivity contribution < 1.29 is 0 Å². The SMILES string of the molecule is C/C=C(/C=C\NC1CCNCC1)c1ccccc1.CC. The molecule has 2 rings (SSSR count). The minimum absolute atomic E-state index is 0.622. The van der Waals surface area contributed by atoms with E-state index in [9.17, 15) is 0 Å². The van der Waals surface area contributed by atoms with Crippen molar-refractivity contribution in [3.05, 3.63) is 54.2 Å². The Morgan fingerprint density at radius 2 is 1.80 bits per heavy atom. The highest BCUT2D eigenvalue weighted by Gasteiger charge is 2.09. The second-order valence-corrected chi connectivity index (χ2v) is 4.63. The Labute approximate surface area is 124 Å². The van der Waals surface area contributed by atoms with Crippen molar-refractivity contribution in [1.29, 1.82) is 0 Å². The topological polar surface area (TPSA) is 24.1 Å². The van der Waals surface area contributed by atoms with E-state index in [1.807, 2.05) is 19.9 Å². The number of hydrogen-bond acceptors (Lipinski definition) is 2. The first kappa shape index (κ1) is 16.5. The van der Waals surface area contributed by atoms with Crippen LogP contribution in [0.25, 0.3) is 5.57 Å². The van der Waals surface area contributed by atoms with Crippen molar-refractivity contribution in [3.8, 4) is 0 Å². The van der Waals surface area contributed by atoms with Crippen molar-refractivity contribution >= 4 is 5.57 Å². The largest absolute Gasteiger partial charge is 0.388 e. The van der Waals surface area contributed by atoms with Crippen molar-refractivity contribution in [2.45, 2.75) is 39.7 Å². The van der Waals surface area contributed by atoms with Gasteiger partial charge in [-0.3, -0.25) is 0 Å². The second kappa shape index (κ2) is 10.3. The molecule has 0 bridgehead atoms. The van der Waals surface area contributed by atoms with Gasteiger partial charge in [0.2, 0.25) is 0 Å². The lowest BCUT2D eigenvalue weighted by atomic mass is 10.1. The standard InChI is InChI=1S/C16H22N2.C2H6/c1-2-14(15-6-4-3-5-7-15)8-13-18-16-9-11-17-12-10-16;1-2/h2-8,13,16-18H,9-12H2,1H3;1-2H3/b13-8-,14-2-;. The molecule has 0 radical (unpaired) electrons. The quantitative estimate of drug-likeness (QED) is 0.810. The van der Waals surface area contributed by atoms with Crippen molar-refractivity contribution in [2.24, 2.45) is 0 Å². The van der Waals surface area contributed by atoms with Gasteiger partial charge in [0.1, 0.15) is 0 Å². The van der Waals surface area contributed by atoms with E-state index in [-0.39, 0.29) is 0 Å². The Hall–Kier alpha value is -1.54. The lowest BCUT2D eigenvalue weighted by molar-refractivity contribution is 0.420. The zero-order valence-electron chi connectivity index (χ0n) is 13.0. The Bertz CT molecular complexity index is 401. The summed E-state index contributed by atoms with van der Waals surface area (Å²) in [5.74, 6) is 0. The van der Waals surface area contributed by atoms with Crippen molar-refractivity contribution in [3.63, 3.8) is 0 Å². The summed E-state index contributed by atoms with van der Waals surface area (Å²) in [6.45, 7) is 8.33. The minimum Gasteiger partial charge on any atom is -0.388 e. The van der Waals surface area contributed by atoms with E-state index in [1.54, 1.807) is 0 Å². The molecule has 1 heterocycles. The monoisotopic (exact) mass is 272 g/mol.